The van der Waals surface area contributed by atoms with E-state index in [9.17, 15) is 4.79 Å². The molecule has 0 spiro atoms. The summed E-state index contributed by atoms with van der Waals surface area (Å²) in [7, 11) is 0. The molecule has 1 N–H and O–H groups in total. The number of carbonyl (C=O) groups excluding carboxylic acids is 1. The van der Waals surface area contributed by atoms with Crippen molar-refractivity contribution in [2.24, 2.45) is 0 Å². The second-order valence-corrected chi connectivity index (χ2v) is 5.84. The second-order valence-electron chi connectivity index (χ2n) is 3.87. The molecular weight excluding hydrogens is 300 g/mol. The maximum atomic E-state index is 11.9. The third-order valence-electron chi connectivity index (χ3n) is 2.65. The second kappa shape index (κ2) is 6.42. The molecule has 92 valence electrons. The van der Waals surface area contributed by atoms with Crippen LogP contribution < -0.4 is 5.32 Å². The van der Waals surface area contributed by atoms with Crippen LogP contribution in [0.2, 0.25) is 0 Å². The van der Waals surface area contributed by atoms with Crippen LogP contribution in [0.3, 0.4) is 0 Å². The summed E-state index contributed by atoms with van der Waals surface area (Å²) in [6, 6.07) is 8.05. The number of carbonyl (C=O) groups is 1. The third kappa shape index (κ3) is 4.01. The number of benzene rings is 1. The van der Waals surface area contributed by atoms with E-state index in [4.69, 9.17) is 0 Å². The molecule has 0 saturated carbocycles. The van der Waals surface area contributed by atoms with E-state index >= 15 is 0 Å². The smallest absolute Gasteiger partial charge is 0.233 e. The normalized spacial score (nSPS) is 15.9. The molecule has 1 aliphatic rings. The maximum absolute atomic E-state index is 11.9. The molecule has 2 rings (SSSR count). The molecule has 0 aliphatic carbocycles. The van der Waals surface area contributed by atoms with Crippen LogP contribution in [0.1, 0.15) is 0 Å². The summed E-state index contributed by atoms with van der Waals surface area (Å²) in [6.07, 6.45) is 0. The molecule has 0 bridgehead atoms. The van der Waals surface area contributed by atoms with E-state index in [2.05, 4.69) is 21.2 Å². The van der Waals surface area contributed by atoms with E-state index in [1.54, 1.807) is 11.8 Å². The van der Waals surface area contributed by atoms with Gasteiger partial charge in [0.05, 0.1) is 5.75 Å². The van der Waals surface area contributed by atoms with Gasteiger partial charge in [0, 0.05) is 35.5 Å². The largest absolute Gasteiger partial charge is 0.339 e. The standard InChI is InChI=1S/C12H15BrN2OS/c13-10-1-3-11(4-2-10)17-9-12(16)15-7-5-14-6-8-15/h1-4,14H,5-9H2. The Morgan fingerprint density at radius 2 is 1.94 bits per heavy atom. The van der Waals surface area contributed by atoms with Crippen molar-refractivity contribution in [1.82, 2.24) is 10.2 Å². The third-order valence-corrected chi connectivity index (χ3v) is 4.17. The van der Waals surface area contributed by atoms with E-state index in [0.717, 1.165) is 35.5 Å². The van der Waals surface area contributed by atoms with Gasteiger partial charge >= 0.3 is 0 Å². The molecule has 5 heteroatoms. The van der Waals surface area contributed by atoms with E-state index in [-0.39, 0.29) is 5.91 Å². The van der Waals surface area contributed by atoms with Gasteiger partial charge in [-0.2, -0.15) is 0 Å². The Bertz CT molecular complexity index is 377. The molecule has 17 heavy (non-hydrogen) atoms. The number of nitrogens with zero attached hydrogens (tertiary/aromatic N) is 1. The number of nitrogens with one attached hydrogen (secondary N) is 1. The van der Waals surface area contributed by atoms with Gasteiger partial charge in [0.2, 0.25) is 5.91 Å². The van der Waals surface area contributed by atoms with Gasteiger partial charge in [-0.1, -0.05) is 15.9 Å². The first-order valence-electron chi connectivity index (χ1n) is 5.62. The summed E-state index contributed by atoms with van der Waals surface area (Å²) in [5, 5.41) is 3.24. The predicted molar refractivity (Wildman–Crippen MR) is 74.3 cm³/mol. The molecule has 0 radical (unpaired) electrons. The van der Waals surface area contributed by atoms with Gasteiger partial charge in [-0.3, -0.25) is 4.79 Å². The van der Waals surface area contributed by atoms with Crippen molar-refractivity contribution in [1.29, 1.82) is 0 Å². The molecule has 0 atom stereocenters. The molecule has 1 amide bonds. The minimum atomic E-state index is 0.236. The molecule has 1 aliphatic heterocycles. The van der Waals surface area contributed by atoms with Gasteiger partial charge in [-0.05, 0) is 24.3 Å². The van der Waals surface area contributed by atoms with Gasteiger partial charge in [0.1, 0.15) is 0 Å². The highest BCUT2D eigenvalue weighted by atomic mass is 79.9. The van der Waals surface area contributed by atoms with Gasteiger partial charge in [0.25, 0.3) is 0 Å². The SMILES string of the molecule is O=C(CSc1ccc(Br)cc1)N1CCNCC1. The molecule has 0 unspecified atom stereocenters. The topological polar surface area (TPSA) is 32.3 Å². The average Bonchev–Trinajstić information content (AvgIpc) is 2.39. The highest BCUT2D eigenvalue weighted by Crippen LogP contribution is 2.20. The Hall–Kier alpha value is -0.520. The number of piperazine rings is 1. The van der Waals surface area contributed by atoms with Gasteiger partial charge in [0.15, 0.2) is 0 Å². The number of hydrogen-bond donors (Lipinski definition) is 1. The highest BCUT2D eigenvalue weighted by molar-refractivity contribution is 9.10. The first kappa shape index (κ1) is 12.9. The van der Waals surface area contributed by atoms with E-state index < -0.39 is 0 Å². The Labute approximate surface area is 114 Å². The fraction of sp³-hybridized carbons (Fsp3) is 0.417. The predicted octanol–water partition coefficient (Wildman–Crippen LogP) is 1.97. The molecule has 1 aromatic rings. The highest BCUT2D eigenvalue weighted by Gasteiger charge is 2.15. The summed E-state index contributed by atoms with van der Waals surface area (Å²) < 4.78 is 1.07. The number of hydrogen-bond acceptors (Lipinski definition) is 3. The molecule has 1 heterocycles. The Morgan fingerprint density at radius 1 is 1.29 bits per heavy atom. The molecular formula is C12H15BrN2OS. The zero-order chi connectivity index (χ0) is 12.1. The lowest BCUT2D eigenvalue weighted by Gasteiger charge is -2.27. The van der Waals surface area contributed by atoms with Gasteiger partial charge < -0.3 is 10.2 Å². The fourth-order valence-electron chi connectivity index (χ4n) is 1.68. The minimum absolute atomic E-state index is 0.236. The number of rotatable bonds is 3. The van der Waals surface area contributed by atoms with Crippen LogP contribution in [-0.4, -0.2) is 42.7 Å². The van der Waals surface area contributed by atoms with Crippen LogP contribution in [0.4, 0.5) is 0 Å². The molecule has 1 saturated heterocycles. The van der Waals surface area contributed by atoms with E-state index in [1.807, 2.05) is 29.2 Å². The summed E-state index contributed by atoms with van der Waals surface area (Å²) >= 11 is 5.00. The van der Waals surface area contributed by atoms with Crippen LogP contribution in [0.5, 0.6) is 0 Å². The van der Waals surface area contributed by atoms with Crippen molar-refractivity contribution in [2.45, 2.75) is 4.90 Å². The molecule has 1 fully saturated rings. The van der Waals surface area contributed by atoms with E-state index in [1.165, 1.54) is 0 Å². The van der Waals surface area contributed by atoms with Crippen molar-refractivity contribution in [2.75, 3.05) is 31.9 Å². The van der Waals surface area contributed by atoms with Gasteiger partial charge in [-0.15, -0.1) is 11.8 Å². The molecule has 1 aromatic carbocycles. The first-order chi connectivity index (χ1) is 8.25. The van der Waals surface area contributed by atoms with Crippen LogP contribution in [0.15, 0.2) is 33.6 Å². The lowest BCUT2D eigenvalue weighted by atomic mass is 10.3. The molecule has 0 aromatic heterocycles. The van der Waals surface area contributed by atoms with Crippen LogP contribution >= 0.6 is 27.7 Å². The Balaban J connectivity index is 1.81. The minimum Gasteiger partial charge on any atom is -0.339 e. The van der Waals surface area contributed by atoms with Crippen LogP contribution in [0.25, 0.3) is 0 Å². The lowest BCUT2D eigenvalue weighted by molar-refractivity contribution is -0.128. The summed E-state index contributed by atoms with van der Waals surface area (Å²) in [5.74, 6) is 0.765. The lowest BCUT2D eigenvalue weighted by Crippen LogP contribution is -2.47. The van der Waals surface area contributed by atoms with Crippen molar-refractivity contribution < 1.29 is 4.79 Å². The Kier molecular flexibility index (Phi) is 4.88. The summed E-state index contributed by atoms with van der Waals surface area (Å²) in [6.45, 7) is 3.49. The monoisotopic (exact) mass is 314 g/mol. The van der Waals surface area contributed by atoms with Crippen molar-refractivity contribution in [3.63, 3.8) is 0 Å². The zero-order valence-electron chi connectivity index (χ0n) is 9.49. The number of amides is 1. The van der Waals surface area contributed by atoms with Gasteiger partial charge in [-0.25, -0.2) is 0 Å². The van der Waals surface area contributed by atoms with E-state index in [0.29, 0.717) is 5.75 Å². The number of thioether (sulfide) groups is 1. The van der Waals surface area contributed by atoms with Crippen molar-refractivity contribution in [3.8, 4) is 0 Å². The van der Waals surface area contributed by atoms with Crippen molar-refractivity contribution in [3.05, 3.63) is 28.7 Å². The summed E-state index contributed by atoms with van der Waals surface area (Å²) in [4.78, 5) is 15.0. The maximum Gasteiger partial charge on any atom is 0.233 e. The van der Waals surface area contributed by atoms with Crippen molar-refractivity contribution >= 4 is 33.6 Å². The van der Waals surface area contributed by atoms with Crippen LogP contribution in [-0.2, 0) is 4.79 Å². The quantitative estimate of drug-likeness (QED) is 0.866. The number of halogens is 1. The Morgan fingerprint density at radius 3 is 2.59 bits per heavy atom. The average molecular weight is 315 g/mol. The first-order valence-corrected chi connectivity index (χ1v) is 7.40. The zero-order valence-corrected chi connectivity index (χ0v) is 11.9. The van der Waals surface area contributed by atoms with Crippen LogP contribution in [0, 0.1) is 0 Å². The molecule has 3 nitrogen and oxygen atoms in total. The summed E-state index contributed by atoms with van der Waals surface area (Å²) in [5.41, 5.74) is 0. The fourth-order valence-corrected chi connectivity index (χ4v) is 2.75.